The minimum absolute atomic E-state index is 0. The topological polar surface area (TPSA) is 40.8 Å². The molecular weight excluding hydrogens is 378 g/mol. The first-order valence-electron chi connectivity index (χ1n) is 9.28. The van der Waals surface area contributed by atoms with Crippen LogP contribution in [0.15, 0.2) is 30.5 Å². The van der Waals surface area contributed by atoms with Crippen LogP contribution in [-0.4, -0.2) is 21.0 Å². The van der Waals surface area contributed by atoms with Crippen LogP contribution in [-0.2, 0) is 19.4 Å². The summed E-state index contributed by atoms with van der Waals surface area (Å²) in [5, 5.41) is 2.29. The molecule has 0 spiro atoms. The quantitative estimate of drug-likeness (QED) is 0.607. The molecule has 0 atom stereocenters. The Kier molecular flexibility index (Phi) is 4.71. The van der Waals surface area contributed by atoms with Crippen LogP contribution in [0.25, 0.3) is 22.0 Å². The van der Waals surface area contributed by atoms with E-state index in [4.69, 9.17) is 18.9 Å². The van der Waals surface area contributed by atoms with Gasteiger partial charge in [-0.3, -0.25) is 0 Å². The molecule has 28 heavy (non-hydrogen) atoms. The highest BCUT2D eigenvalue weighted by Gasteiger charge is 2.31. The number of fused-ring (bicyclic) bond motifs is 5. The number of nitrogens with zero attached hydrogens (tertiary/aromatic N) is 1. The highest BCUT2D eigenvalue weighted by atomic mass is 35.5. The molecule has 0 fully saturated rings. The maximum atomic E-state index is 5.70. The molecule has 0 saturated heterocycles. The van der Waals surface area contributed by atoms with Crippen molar-refractivity contribution in [2.75, 3.05) is 21.0 Å². The number of pyridine rings is 1. The summed E-state index contributed by atoms with van der Waals surface area (Å²) >= 11 is 0. The van der Waals surface area contributed by atoms with Crippen LogP contribution in [0.1, 0.15) is 18.1 Å². The van der Waals surface area contributed by atoms with Crippen LogP contribution in [0, 0.1) is 0 Å². The monoisotopic (exact) mass is 399 g/mol. The summed E-state index contributed by atoms with van der Waals surface area (Å²) in [6.07, 6.45) is 4.08. The highest BCUT2D eigenvalue weighted by Crippen LogP contribution is 2.43. The Morgan fingerprint density at radius 2 is 1.82 bits per heavy atom. The highest BCUT2D eigenvalue weighted by molar-refractivity contribution is 5.95. The van der Waals surface area contributed by atoms with E-state index in [9.17, 15) is 0 Å². The number of ether oxygens (including phenoxy) is 4. The van der Waals surface area contributed by atoms with E-state index < -0.39 is 0 Å². The van der Waals surface area contributed by atoms with E-state index in [0.717, 1.165) is 47.8 Å². The van der Waals surface area contributed by atoms with Crippen molar-refractivity contribution in [3.05, 3.63) is 41.6 Å². The second kappa shape index (κ2) is 7.06. The summed E-state index contributed by atoms with van der Waals surface area (Å²) in [5.41, 5.74) is 5.12. The summed E-state index contributed by atoms with van der Waals surface area (Å²) in [6, 6.07) is 8.40. The molecular formula is C22H22ClNO4. The molecule has 6 heteroatoms. The first kappa shape index (κ1) is 18.7. The predicted molar refractivity (Wildman–Crippen MR) is 102 cm³/mol. The Balaban J connectivity index is 0.00000192. The zero-order valence-corrected chi connectivity index (χ0v) is 16.9. The number of aromatic nitrogens is 1. The lowest BCUT2D eigenvalue weighted by molar-refractivity contribution is -0.686. The number of hydrogen-bond donors (Lipinski definition) is 0. The summed E-state index contributed by atoms with van der Waals surface area (Å²) < 4.78 is 24.8. The molecule has 2 aliphatic rings. The number of rotatable bonds is 3. The smallest absolute Gasteiger partial charge is 0.231 e. The number of hydrogen-bond acceptors (Lipinski definition) is 4. The maximum absolute atomic E-state index is 5.70. The van der Waals surface area contributed by atoms with Gasteiger partial charge in [-0.1, -0.05) is 6.92 Å². The zero-order valence-electron chi connectivity index (χ0n) is 16.2. The molecule has 5 rings (SSSR count). The third-order valence-electron chi connectivity index (χ3n) is 5.60. The standard InChI is InChI=1S/C22H22NO4.ClH/c1-4-14-15-5-6-18(24-2)22(25-3)17(15)11-23-8-7-13-9-19-20(27-12-26-19)10-16(13)21(14)23;/h5-6,9-11H,4,7-8,12H2,1-3H3;1H/q+1;/p-1. The van der Waals surface area contributed by atoms with Gasteiger partial charge < -0.3 is 31.4 Å². The summed E-state index contributed by atoms with van der Waals surface area (Å²) in [4.78, 5) is 0. The Morgan fingerprint density at radius 1 is 1.04 bits per heavy atom. The maximum Gasteiger partial charge on any atom is 0.231 e. The van der Waals surface area contributed by atoms with Gasteiger partial charge in [-0.15, -0.1) is 0 Å². The van der Waals surface area contributed by atoms with E-state index >= 15 is 0 Å². The third kappa shape index (κ3) is 2.57. The van der Waals surface area contributed by atoms with Crippen molar-refractivity contribution in [3.63, 3.8) is 0 Å². The minimum atomic E-state index is 0. The largest absolute Gasteiger partial charge is 1.00 e. The SMILES string of the molecule is CCc1c2[n+](cc3c(OC)c(OC)ccc13)CCc1cc3c(cc1-2)OCO3.[Cl-]. The van der Waals surface area contributed by atoms with E-state index in [-0.39, 0.29) is 12.4 Å². The summed E-state index contributed by atoms with van der Waals surface area (Å²) in [7, 11) is 3.37. The third-order valence-corrected chi connectivity index (χ3v) is 5.60. The van der Waals surface area contributed by atoms with Gasteiger partial charge in [-0.2, -0.15) is 4.57 Å². The lowest BCUT2D eigenvalue weighted by Crippen LogP contribution is -3.00. The fraction of sp³-hybridized carbons (Fsp3) is 0.318. The number of benzene rings is 2. The van der Waals surface area contributed by atoms with Gasteiger partial charge in [0.1, 0.15) is 0 Å². The van der Waals surface area contributed by atoms with E-state index in [1.807, 2.05) is 6.07 Å². The lowest BCUT2D eigenvalue weighted by atomic mass is 9.90. The molecule has 5 nitrogen and oxygen atoms in total. The normalized spacial score (nSPS) is 13.5. The van der Waals surface area contributed by atoms with Crippen molar-refractivity contribution in [2.24, 2.45) is 0 Å². The van der Waals surface area contributed by atoms with Gasteiger partial charge in [0.15, 0.2) is 35.7 Å². The minimum Gasteiger partial charge on any atom is -1.00 e. The zero-order chi connectivity index (χ0) is 18.5. The van der Waals surface area contributed by atoms with Crippen molar-refractivity contribution < 1.29 is 35.9 Å². The molecule has 0 radical (unpaired) electrons. The van der Waals surface area contributed by atoms with E-state index in [1.165, 1.54) is 27.8 Å². The van der Waals surface area contributed by atoms with Crippen LogP contribution >= 0.6 is 0 Å². The second-order valence-corrected chi connectivity index (χ2v) is 6.88. The summed E-state index contributed by atoms with van der Waals surface area (Å²) in [6.45, 7) is 3.42. The molecule has 3 heterocycles. The van der Waals surface area contributed by atoms with Crippen molar-refractivity contribution in [1.82, 2.24) is 0 Å². The molecule has 0 aliphatic carbocycles. The van der Waals surface area contributed by atoms with E-state index in [0.29, 0.717) is 6.79 Å². The Hall–Kier alpha value is -2.66. The van der Waals surface area contributed by atoms with Gasteiger partial charge in [-0.05, 0) is 36.2 Å². The fourth-order valence-electron chi connectivity index (χ4n) is 4.37. The molecule has 146 valence electrons. The molecule has 2 aliphatic heterocycles. The van der Waals surface area contributed by atoms with Gasteiger partial charge in [0.25, 0.3) is 0 Å². The van der Waals surface area contributed by atoms with Crippen LogP contribution in [0.2, 0.25) is 0 Å². The molecule has 0 N–H and O–H groups in total. The Bertz CT molecular complexity index is 1080. The van der Waals surface area contributed by atoms with E-state index in [1.54, 1.807) is 14.2 Å². The van der Waals surface area contributed by atoms with Gasteiger partial charge in [0.2, 0.25) is 12.5 Å². The van der Waals surface area contributed by atoms with Crippen LogP contribution in [0.5, 0.6) is 23.0 Å². The van der Waals surface area contributed by atoms with Crippen molar-refractivity contribution in [1.29, 1.82) is 0 Å². The van der Waals surface area contributed by atoms with Crippen LogP contribution < -0.4 is 35.9 Å². The second-order valence-electron chi connectivity index (χ2n) is 6.88. The Morgan fingerprint density at radius 3 is 2.54 bits per heavy atom. The summed E-state index contributed by atoms with van der Waals surface area (Å²) in [5.74, 6) is 3.23. The van der Waals surface area contributed by atoms with E-state index in [2.05, 4.69) is 35.9 Å². The first-order valence-corrected chi connectivity index (χ1v) is 9.28. The van der Waals surface area contributed by atoms with Crippen molar-refractivity contribution in [3.8, 4) is 34.3 Å². The van der Waals surface area contributed by atoms with Gasteiger partial charge >= 0.3 is 0 Å². The number of aryl methyl sites for hydroxylation is 3. The number of methoxy groups -OCH3 is 2. The molecule has 0 amide bonds. The molecule has 2 aromatic carbocycles. The molecule has 0 unspecified atom stereocenters. The first-order chi connectivity index (χ1) is 13.2. The number of halogens is 1. The molecule has 0 bridgehead atoms. The van der Waals surface area contributed by atoms with Gasteiger partial charge in [0.05, 0.1) is 25.2 Å². The lowest BCUT2D eigenvalue weighted by Gasteiger charge is -2.20. The molecule has 0 saturated carbocycles. The van der Waals surface area contributed by atoms with Crippen molar-refractivity contribution in [2.45, 2.75) is 26.3 Å². The average molecular weight is 400 g/mol. The van der Waals surface area contributed by atoms with Gasteiger partial charge in [0, 0.05) is 17.4 Å². The molecule has 1 aromatic heterocycles. The van der Waals surface area contributed by atoms with Crippen LogP contribution in [0.4, 0.5) is 0 Å². The van der Waals surface area contributed by atoms with Gasteiger partial charge in [-0.25, -0.2) is 0 Å². The average Bonchev–Trinajstić information content (AvgIpc) is 3.16. The Labute approximate surface area is 170 Å². The predicted octanol–water partition coefficient (Wildman–Crippen LogP) is 0.663. The fourth-order valence-corrected chi connectivity index (χ4v) is 4.37. The van der Waals surface area contributed by atoms with Crippen molar-refractivity contribution >= 4 is 10.8 Å². The molecule has 3 aromatic rings. The van der Waals surface area contributed by atoms with Crippen LogP contribution in [0.3, 0.4) is 0 Å².